The lowest BCUT2D eigenvalue weighted by Gasteiger charge is -2.11. The number of benzene rings is 1. The summed E-state index contributed by atoms with van der Waals surface area (Å²) < 4.78 is 15.8. The van der Waals surface area contributed by atoms with Crippen LogP contribution in [0.15, 0.2) is 22.6 Å². The first-order valence-electron chi connectivity index (χ1n) is 7.10. The van der Waals surface area contributed by atoms with Crippen LogP contribution in [0.25, 0.3) is 0 Å². The molecule has 1 aromatic carbocycles. The Balaban J connectivity index is 2.06. The van der Waals surface area contributed by atoms with Crippen LogP contribution in [0.5, 0.6) is 17.2 Å². The predicted octanol–water partition coefficient (Wildman–Crippen LogP) is 2.17. The average Bonchev–Trinajstić information content (AvgIpc) is 2.98. The number of carbonyl (C=O) groups is 1. The van der Waals surface area contributed by atoms with Crippen molar-refractivity contribution in [2.75, 3.05) is 21.3 Å². The summed E-state index contributed by atoms with van der Waals surface area (Å²) in [4.78, 5) is 16.1. The van der Waals surface area contributed by atoms with Crippen LogP contribution in [-0.4, -0.2) is 38.4 Å². The first-order valence-corrected chi connectivity index (χ1v) is 7.98. The highest BCUT2D eigenvalue weighted by Crippen LogP contribution is 2.33. The molecule has 0 saturated heterocycles. The molecule has 1 N–H and O–H groups in total. The van der Waals surface area contributed by atoms with E-state index in [4.69, 9.17) is 14.2 Å². The van der Waals surface area contributed by atoms with E-state index in [9.17, 15) is 4.79 Å². The average molecular weight is 349 g/mol. The molecule has 1 heterocycles. The lowest BCUT2D eigenvalue weighted by molar-refractivity contribution is -0.120. The zero-order valence-electron chi connectivity index (χ0n) is 14.0. The third kappa shape index (κ3) is 4.45. The van der Waals surface area contributed by atoms with Gasteiger partial charge in [0.05, 0.1) is 34.0 Å². The monoisotopic (exact) mass is 349 g/mol. The number of hydrogen-bond acceptors (Lipinski definition) is 7. The summed E-state index contributed by atoms with van der Waals surface area (Å²) in [6, 6.07) is 3.41. The van der Waals surface area contributed by atoms with Crippen LogP contribution in [0.4, 0.5) is 0 Å². The number of aryl methyl sites for hydroxylation is 1. The molecule has 2 aromatic rings. The normalized spacial score (nSPS) is 10.7. The lowest BCUT2D eigenvalue weighted by Crippen LogP contribution is -2.19. The molecular weight excluding hydrogens is 330 g/mol. The molecular formula is C16H19N3O4S. The standard InChI is InChI=1S/C16H19N3O4S/c1-10-9-24-16(18-10)7-15(20)19-17-8-11-5-13(22-3)14(23-4)6-12(11)21-2/h5-6,8-9H,7H2,1-4H3,(H,19,20)/b17-8-. The molecule has 0 fully saturated rings. The third-order valence-electron chi connectivity index (χ3n) is 3.11. The molecule has 24 heavy (non-hydrogen) atoms. The van der Waals surface area contributed by atoms with Gasteiger partial charge in [0.1, 0.15) is 10.8 Å². The maximum Gasteiger partial charge on any atom is 0.246 e. The minimum Gasteiger partial charge on any atom is -0.496 e. The summed E-state index contributed by atoms with van der Waals surface area (Å²) in [6.45, 7) is 1.89. The van der Waals surface area contributed by atoms with Crippen molar-refractivity contribution >= 4 is 23.5 Å². The Morgan fingerprint density at radius 3 is 2.46 bits per heavy atom. The topological polar surface area (TPSA) is 82.0 Å². The molecule has 0 atom stereocenters. The maximum absolute atomic E-state index is 11.9. The van der Waals surface area contributed by atoms with Gasteiger partial charge in [0, 0.05) is 22.7 Å². The Hall–Kier alpha value is -2.61. The number of carbonyl (C=O) groups excluding carboxylic acids is 1. The number of amides is 1. The van der Waals surface area contributed by atoms with E-state index < -0.39 is 0 Å². The summed E-state index contributed by atoms with van der Waals surface area (Å²) in [6.07, 6.45) is 1.69. The molecule has 0 aliphatic heterocycles. The van der Waals surface area contributed by atoms with Crippen LogP contribution in [0.1, 0.15) is 16.3 Å². The van der Waals surface area contributed by atoms with E-state index in [0.717, 1.165) is 10.7 Å². The quantitative estimate of drug-likeness (QED) is 0.612. The van der Waals surface area contributed by atoms with Gasteiger partial charge in [-0.25, -0.2) is 10.4 Å². The maximum atomic E-state index is 11.9. The molecule has 0 bridgehead atoms. The van der Waals surface area contributed by atoms with Gasteiger partial charge in [-0.1, -0.05) is 0 Å². The second-order valence-electron chi connectivity index (χ2n) is 4.80. The van der Waals surface area contributed by atoms with Gasteiger partial charge in [-0.15, -0.1) is 11.3 Å². The molecule has 0 unspecified atom stereocenters. The van der Waals surface area contributed by atoms with Gasteiger partial charge in [-0.3, -0.25) is 4.79 Å². The van der Waals surface area contributed by atoms with Crippen molar-refractivity contribution in [3.8, 4) is 17.2 Å². The van der Waals surface area contributed by atoms with Crippen molar-refractivity contribution in [3.63, 3.8) is 0 Å². The number of thiazole rings is 1. The largest absolute Gasteiger partial charge is 0.496 e. The van der Waals surface area contributed by atoms with Gasteiger partial charge in [0.25, 0.3) is 0 Å². The lowest BCUT2D eigenvalue weighted by atomic mass is 10.2. The van der Waals surface area contributed by atoms with Gasteiger partial charge in [0.2, 0.25) is 5.91 Å². The van der Waals surface area contributed by atoms with E-state index in [0.29, 0.717) is 22.8 Å². The van der Waals surface area contributed by atoms with Gasteiger partial charge in [-0.05, 0) is 13.0 Å². The first-order chi connectivity index (χ1) is 11.6. The number of ether oxygens (including phenoxy) is 3. The summed E-state index contributed by atoms with van der Waals surface area (Å²) in [5, 5.41) is 6.62. The van der Waals surface area contributed by atoms with Crippen LogP contribution in [0.2, 0.25) is 0 Å². The molecule has 1 amide bonds. The number of nitrogens with one attached hydrogen (secondary N) is 1. The van der Waals surface area contributed by atoms with Gasteiger partial charge in [-0.2, -0.15) is 5.10 Å². The van der Waals surface area contributed by atoms with E-state index in [1.54, 1.807) is 33.5 Å². The van der Waals surface area contributed by atoms with Gasteiger partial charge >= 0.3 is 0 Å². The molecule has 0 saturated carbocycles. The summed E-state index contributed by atoms with van der Waals surface area (Å²) in [5.41, 5.74) is 4.03. The minimum absolute atomic E-state index is 0.193. The number of aromatic nitrogens is 1. The smallest absolute Gasteiger partial charge is 0.246 e. The van der Waals surface area contributed by atoms with Crippen LogP contribution in [-0.2, 0) is 11.2 Å². The highest BCUT2D eigenvalue weighted by molar-refractivity contribution is 7.09. The Bertz CT molecular complexity index is 743. The van der Waals surface area contributed by atoms with Crippen LogP contribution >= 0.6 is 11.3 Å². The SMILES string of the molecule is COc1cc(OC)c(OC)cc1/C=N\NC(=O)Cc1nc(C)cs1. The fourth-order valence-corrected chi connectivity index (χ4v) is 2.76. The molecule has 128 valence electrons. The van der Waals surface area contributed by atoms with Crippen molar-refractivity contribution in [2.24, 2.45) is 5.10 Å². The molecule has 1 aromatic heterocycles. The fraction of sp³-hybridized carbons (Fsp3) is 0.312. The summed E-state index contributed by atoms with van der Waals surface area (Å²) >= 11 is 1.45. The Kier molecular flexibility index (Phi) is 6.14. The van der Waals surface area contributed by atoms with E-state index in [-0.39, 0.29) is 12.3 Å². The van der Waals surface area contributed by atoms with Crippen LogP contribution in [0.3, 0.4) is 0 Å². The summed E-state index contributed by atoms with van der Waals surface area (Å²) in [7, 11) is 4.64. The molecule has 0 aliphatic carbocycles. The highest BCUT2D eigenvalue weighted by atomic mass is 32.1. The van der Waals surface area contributed by atoms with Crippen LogP contribution in [0, 0.1) is 6.92 Å². The second kappa shape index (κ2) is 8.30. The number of methoxy groups -OCH3 is 3. The second-order valence-corrected chi connectivity index (χ2v) is 5.74. The van der Waals surface area contributed by atoms with Crippen molar-refractivity contribution in [3.05, 3.63) is 33.8 Å². The predicted molar refractivity (Wildman–Crippen MR) is 92.4 cm³/mol. The van der Waals surface area contributed by atoms with E-state index in [1.165, 1.54) is 17.6 Å². The molecule has 0 radical (unpaired) electrons. The van der Waals surface area contributed by atoms with E-state index >= 15 is 0 Å². The highest BCUT2D eigenvalue weighted by Gasteiger charge is 2.11. The van der Waals surface area contributed by atoms with Crippen molar-refractivity contribution in [1.82, 2.24) is 10.4 Å². The fourth-order valence-electron chi connectivity index (χ4n) is 1.99. The van der Waals surface area contributed by atoms with Gasteiger partial charge < -0.3 is 14.2 Å². The van der Waals surface area contributed by atoms with E-state index in [1.807, 2.05) is 12.3 Å². The number of rotatable bonds is 7. The van der Waals surface area contributed by atoms with E-state index in [2.05, 4.69) is 15.5 Å². The molecule has 2 rings (SSSR count). The summed E-state index contributed by atoms with van der Waals surface area (Å²) in [5.74, 6) is 1.42. The van der Waals surface area contributed by atoms with Crippen molar-refractivity contribution in [1.29, 1.82) is 0 Å². The molecule has 0 spiro atoms. The van der Waals surface area contributed by atoms with Crippen molar-refractivity contribution < 1.29 is 19.0 Å². The third-order valence-corrected chi connectivity index (χ3v) is 4.07. The zero-order valence-corrected chi connectivity index (χ0v) is 14.8. The molecule has 0 aliphatic rings. The van der Waals surface area contributed by atoms with Crippen molar-refractivity contribution in [2.45, 2.75) is 13.3 Å². The molecule has 7 nitrogen and oxygen atoms in total. The zero-order chi connectivity index (χ0) is 17.5. The molecule has 8 heteroatoms. The number of nitrogens with zero attached hydrogens (tertiary/aromatic N) is 2. The Morgan fingerprint density at radius 1 is 1.21 bits per heavy atom. The Morgan fingerprint density at radius 2 is 1.88 bits per heavy atom. The minimum atomic E-state index is -0.236. The van der Waals surface area contributed by atoms with Crippen LogP contribution < -0.4 is 19.6 Å². The Labute approximate surface area is 144 Å². The first kappa shape index (κ1) is 17.7. The van der Waals surface area contributed by atoms with Gasteiger partial charge in [0.15, 0.2) is 11.5 Å². The number of hydrogen-bond donors (Lipinski definition) is 1. The number of hydrazone groups is 1.